The quantitative estimate of drug-likeness (QED) is 0.804. The molecule has 0 spiro atoms. The number of hydrogen-bond acceptors (Lipinski definition) is 6. The minimum atomic E-state index is 0.114. The van der Waals surface area contributed by atoms with E-state index in [2.05, 4.69) is 15.0 Å². The molecule has 3 aliphatic rings. The number of aryl methyl sites for hydroxylation is 1. The predicted octanol–water partition coefficient (Wildman–Crippen LogP) is 0.490. The monoisotopic (exact) mass is 320 g/mol. The zero-order chi connectivity index (χ0) is 15.8. The van der Waals surface area contributed by atoms with Crippen LogP contribution in [-0.4, -0.2) is 71.3 Å². The van der Waals surface area contributed by atoms with Gasteiger partial charge in [0.2, 0.25) is 11.8 Å². The third kappa shape index (κ3) is 3.12. The molecule has 3 aliphatic heterocycles. The number of amides is 1. The molecule has 0 bridgehead atoms. The van der Waals surface area contributed by atoms with Gasteiger partial charge < -0.3 is 19.1 Å². The van der Waals surface area contributed by atoms with Crippen molar-refractivity contribution in [2.45, 2.75) is 32.2 Å². The van der Waals surface area contributed by atoms with E-state index in [1.165, 1.54) is 12.8 Å². The highest BCUT2D eigenvalue weighted by atomic mass is 16.5. The topological polar surface area (TPSA) is 71.7 Å². The van der Waals surface area contributed by atoms with Gasteiger partial charge in [0.15, 0.2) is 5.82 Å². The number of hydrogen-bond donors (Lipinski definition) is 0. The van der Waals surface area contributed by atoms with Crippen molar-refractivity contribution in [2.75, 3.05) is 39.4 Å². The van der Waals surface area contributed by atoms with Crippen LogP contribution < -0.4 is 0 Å². The molecule has 4 rings (SSSR count). The van der Waals surface area contributed by atoms with Gasteiger partial charge in [0.1, 0.15) is 6.42 Å². The molecule has 23 heavy (non-hydrogen) atoms. The largest absolute Gasteiger partial charge is 0.381 e. The predicted molar refractivity (Wildman–Crippen MR) is 81.7 cm³/mol. The Hall–Kier alpha value is -1.47. The van der Waals surface area contributed by atoms with E-state index in [4.69, 9.17) is 9.26 Å². The number of carbonyl (C=O) groups is 1. The molecule has 126 valence electrons. The van der Waals surface area contributed by atoms with Gasteiger partial charge in [-0.3, -0.25) is 4.79 Å². The molecule has 7 heteroatoms. The van der Waals surface area contributed by atoms with Crippen molar-refractivity contribution >= 4 is 5.91 Å². The van der Waals surface area contributed by atoms with E-state index in [1.54, 1.807) is 6.92 Å². The first-order valence-electron chi connectivity index (χ1n) is 8.58. The maximum Gasteiger partial charge on any atom is 0.236 e. The fourth-order valence-corrected chi connectivity index (χ4v) is 4.10. The Bertz CT molecular complexity index is 569. The summed E-state index contributed by atoms with van der Waals surface area (Å²) in [6.45, 7) is 7.74. The van der Waals surface area contributed by atoms with Crippen molar-refractivity contribution in [3.05, 3.63) is 11.7 Å². The zero-order valence-electron chi connectivity index (χ0n) is 13.6. The van der Waals surface area contributed by atoms with Gasteiger partial charge >= 0.3 is 0 Å². The lowest BCUT2D eigenvalue weighted by atomic mass is 9.91. The van der Waals surface area contributed by atoms with Crippen molar-refractivity contribution in [1.29, 1.82) is 0 Å². The highest BCUT2D eigenvalue weighted by Gasteiger charge is 2.47. The van der Waals surface area contributed by atoms with Crippen LogP contribution in [0.3, 0.4) is 0 Å². The van der Waals surface area contributed by atoms with E-state index in [1.807, 2.05) is 4.90 Å². The summed E-state index contributed by atoms with van der Waals surface area (Å²) >= 11 is 0. The first kappa shape index (κ1) is 15.1. The Morgan fingerprint density at radius 2 is 2.09 bits per heavy atom. The standard InChI is InChI=1S/C16H24N4O3/c1-11-17-15(23-18-11)6-16(21)20-9-13-8-19(10-14(13)20)7-12-2-4-22-5-3-12/h12-14H,2-10H2,1H3/t13-,14-/m0/s1. The van der Waals surface area contributed by atoms with E-state index >= 15 is 0 Å². The molecular formula is C16H24N4O3. The molecule has 0 radical (unpaired) electrons. The Morgan fingerprint density at radius 3 is 2.83 bits per heavy atom. The van der Waals surface area contributed by atoms with Crippen LogP contribution in [0.4, 0.5) is 0 Å². The van der Waals surface area contributed by atoms with Crippen LogP contribution in [0.15, 0.2) is 4.52 Å². The summed E-state index contributed by atoms with van der Waals surface area (Å²) < 4.78 is 10.5. The minimum absolute atomic E-state index is 0.114. The molecule has 4 heterocycles. The maximum atomic E-state index is 12.4. The van der Waals surface area contributed by atoms with Gasteiger partial charge in [-0.15, -0.1) is 0 Å². The molecule has 7 nitrogen and oxygen atoms in total. The van der Waals surface area contributed by atoms with Gasteiger partial charge in [-0.2, -0.15) is 4.98 Å². The van der Waals surface area contributed by atoms with Gasteiger partial charge in [-0.25, -0.2) is 0 Å². The Labute approximate surface area is 136 Å². The molecule has 3 saturated heterocycles. The summed E-state index contributed by atoms with van der Waals surface area (Å²) in [5, 5.41) is 3.74. The molecule has 3 fully saturated rings. The lowest BCUT2D eigenvalue weighted by Gasteiger charge is -2.43. The summed E-state index contributed by atoms with van der Waals surface area (Å²) in [6, 6.07) is 0.381. The Morgan fingerprint density at radius 1 is 1.26 bits per heavy atom. The second kappa shape index (κ2) is 6.20. The van der Waals surface area contributed by atoms with E-state index in [9.17, 15) is 4.79 Å². The summed E-state index contributed by atoms with van der Waals surface area (Å²) in [5.41, 5.74) is 0. The molecular weight excluding hydrogens is 296 g/mol. The number of fused-ring (bicyclic) bond motifs is 1. The highest BCUT2D eigenvalue weighted by Crippen LogP contribution is 2.33. The van der Waals surface area contributed by atoms with Gasteiger partial charge in [0.05, 0.1) is 6.04 Å². The van der Waals surface area contributed by atoms with Crippen LogP contribution in [0.2, 0.25) is 0 Å². The van der Waals surface area contributed by atoms with Crippen LogP contribution >= 0.6 is 0 Å². The first-order valence-corrected chi connectivity index (χ1v) is 8.58. The summed E-state index contributed by atoms with van der Waals surface area (Å²) in [5.74, 6) is 2.52. The maximum absolute atomic E-state index is 12.4. The number of aromatic nitrogens is 2. The number of likely N-dealkylation sites (tertiary alicyclic amines) is 2. The molecule has 0 aromatic carbocycles. The van der Waals surface area contributed by atoms with Crippen LogP contribution in [0.5, 0.6) is 0 Å². The fourth-order valence-electron chi connectivity index (χ4n) is 4.10. The van der Waals surface area contributed by atoms with Crippen LogP contribution in [0, 0.1) is 18.8 Å². The lowest BCUT2D eigenvalue weighted by Crippen LogP contribution is -2.58. The van der Waals surface area contributed by atoms with Crippen molar-refractivity contribution < 1.29 is 14.1 Å². The van der Waals surface area contributed by atoms with E-state index < -0.39 is 0 Å². The molecule has 1 aromatic heterocycles. The minimum Gasteiger partial charge on any atom is -0.381 e. The van der Waals surface area contributed by atoms with Crippen LogP contribution in [0.1, 0.15) is 24.6 Å². The van der Waals surface area contributed by atoms with Gasteiger partial charge in [-0.05, 0) is 25.7 Å². The normalized spacial score (nSPS) is 28.7. The summed E-state index contributed by atoms with van der Waals surface area (Å²) in [6.07, 6.45) is 2.57. The van der Waals surface area contributed by atoms with Crippen molar-refractivity contribution in [2.24, 2.45) is 11.8 Å². The molecule has 0 unspecified atom stereocenters. The SMILES string of the molecule is Cc1noc(CC(=O)N2C[C@@H]3CN(CC4CCOCC4)C[C@@H]32)n1. The third-order valence-corrected chi connectivity index (χ3v) is 5.36. The Balaban J connectivity index is 1.28. The lowest BCUT2D eigenvalue weighted by molar-refractivity contribution is -0.140. The highest BCUT2D eigenvalue weighted by molar-refractivity contribution is 5.79. The molecule has 1 amide bonds. The van der Waals surface area contributed by atoms with E-state index in [0.717, 1.165) is 45.3 Å². The second-order valence-electron chi connectivity index (χ2n) is 7.06. The Kier molecular flexibility index (Phi) is 4.07. The molecule has 0 N–H and O–H groups in total. The summed E-state index contributed by atoms with van der Waals surface area (Å²) in [7, 11) is 0. The number of carbonyl (C=O) groups excluding carboxylic acids is 1. The van der Waals surface area contributed by atoms with Crippen LogP contribution in [0.25, 0.3) is 0 Å². The zero-order valence-corrected chi connectivity index (χ0v) is 13.6. The fraction of sp³-hybridized carbons (Fsp3) is 0.812. The van der Waals surface area contributed by atoms with E-state index in [-0.39, 0.29) is 12.3 Å². The number of rotatable bonds is 4. The van der Waals surface area contributed by atoms with Crippen LogP contribution in [-0.2, 0) is 16.0 Å². The van der Waals surface area contributed by atoms with Crippen molar-refractivity contribution in [3.63, 3.8) is 0 Å². The number of nitrogens with zero attached hydrogens (tertiary/aromatic N) is 4. The van der Waals surface area contributed by atoms with Gasteiger partial charge in [-0.1, -0.05) is 5.16 Å². The summed E-state index contributed by atoms with van der Waals surface area (Å²) in [4.78, 5) is 21.1. The number of ether oxygens (including phenoxy) is 1. The van der Waals surface area contributed by atoms with Crippen molar-refractivity contribution in [1.82, 2.24) is 19.9 Å². The average Bonchev–Trinajstić information content (AvgIpc) is 3.06. The van der Waals surface area contributed by atoms with Gasteiger partial charge in [0.25, 0.3) is 0 Å². The molecule has 1 aromatic rings. The average molecular weight is 320 g/mol. The molecule has 0 aliphatic carbocycles. The second-order valence-corrected chi connectivity index (χ2v) is 7.06. The molecule has 2 atom stereocenters. The van der Waals surface area contributed by atoms with Crippen molar-refractivity contribution in [3.8, 4) is 0 Å². The van der Waals surface area contributed by atoms with E-state index in [0.29, 0.717) is 23.7 Å². The third-order valence-electron chi connectivity index (χ3n) is 5.36. The smallest absolute Gasteiger partial charge is 0.236 e. The van der Waals surface area contributed by atoms with Gasteiger partial charge in [0, 0.05) is 45.3 Å². The first-order chi connectivity index (χ1) is 11.2. The molecule has 0 saturated carbocycles.